The number of nitro benzene ring substituents is 1. The molecule has 24 heavy (non-hydrogen) atoms. The molecule has 126 valence electrons. The number of hydrogen-bond donors (Lipinski definition) is 1. The number of benzene rings is 2. The van der Waals surface area contributed by atoms with Gasteiger partial charge < -0.3 is 9.47 Å². The van der Waals surface area contributed by atoms with Crippen molar-refractivity contribution in [1.82, 2.24) is 0 Å². The summed E-state index contributed by atoms with van der Waals surface area (Å²) in [6, 6.07) is 11.6. The zero-order chi connectivity index (χ0) is 17.4. The molecule has 7 heteroatoms. The standard InChI is InChI=1S/C17H19N3O4/c1-3-10-24-17-11-13(4-9-16(17)23-2)12-18-19-14-5-7-15(8-6-14)20(21)22/h4-9,11-12,19H,3,10H2,1-2H3/b18-12+. The highest BCUT2D eigenvalue weighted by Crippen LogP contribution is 2.27. The molecule has 0 spiro atoms. The minimum atomic E-state index is -0.442. The van der Waals surface area contributed by atoms with Crippen LogP contribution in [0.15, 0.2) is 47.6 Å². The topological polar surface area (TPSA) is 86.0 Å². The Labute approximate surface area is 140 Å². The molecule has 0 aliphatic carbocycles. The summed E-state index contributed by atoms with van der Waals surface area (Å²) in [5.74, 6) is 1.34. The highest BCUT2D eigenvalue weighted by atomic mass is 16.6. The van der Waals surface area contributed by atoms with E-state index in [-0.39, 0.29) is 5.69 Å². The molecule has 0 bridgehead atoms. The van der Waals surface area contributed by atoms with Gasteiger partial charge in [0.15, 0.2) is 11.5 Å². The summed E-state index contributed by atoms with van der Waals surface area (Å²) in [4.78, 5) is 10.2. The van der Waals surface area contributed by atoms with Gasteiger partial charge in [0.25, 0.3) is 5.69 Å². The van der Waals surface area contributed by atoms with Crippen LogP contribution in [0.2, 0.25) is 0 Å². The molecule has 0 amide bonds. The number of nitrogens with one attached hydrogen (secondary N) is 1. The van der Waals surface area contributed by atoms with Gasteiger partial charge in [-0.15, -0.1) is 0 Å². The van der Waals surface area contributed by atoms with Gasteiger partial charge in [-0.05, 0) is 42.3 Å². The molecule has 0 fully saturated rings. The van der Waals surface area contributed by atoms with Crippen molar-refractivity contribution in [1.29, 1.82) is 0 Å². The van der Waals surface area contributed by atoms with E-state index in [1.807, 2.05) is 25.1 Å². The van der Waals surface area contributed by atoms with E-state index < -0.39 is 4.92 Å². The molecule has 7 nitrogen and oxygen atoms in total. The fourth-order valence-electron chi connectivity index (χ4n) is 1.94. The Balaban J connectivity index is 2.04. The molecule has 2 aromatic rings. The van der Waals surface area contributed by atoms with Gasteiger partial charge >= 0.3 is 0 Å². The molecule has 0 heterocycles. The van der Waals surface area contributed by atoms with Crippen molar-refractivity contribution in [3.63, 3.8) is 0 Å². The SMILES string of the molecule is CCCOc1cc(/C=N/Nc2ccc([N+](=O)[O-])cc2)ccc1OC. The van der Waals surface area contributed by atoms with Crippen molar-refractivity contribution < 1.29 is 14.4 Å². The lowest BCUT2D eigenvalue weighted by atomic mass is 10.2. The van der Waals surface area contributed by atoms with E-state index in [1.54, 1.807) is 25.5 Å². The maximum Gasteiger partial charge on any atom is 0.269 e. The zero-order valence-electron chi connectivity index (χ0n) is 13.6. The van der Waals surface area contributed by atoms with Gasteiger partial charge in [-0.1, -0.05) is 6.92 Å². The average Bonchev–Trinajstić information content (AvgIpc) is 2.60. The van der Waals surface area contributed by atoms with E-state index in [0.29, 0.717) is 23.8 Å². The van der Waals surface area contributed by atoms with Crippen molar-refractivity contribution in [3.05, 3.63) is 58.1 Å². The van der Waals surface area contributed by atoms with Crippen LogP contribution in [0, 0.1) is 10.1 Å². The van der Waals surface area contributed by atoms with Gasteiger partial charge in [-0.2, -0.15) is 5.10 Å². The van der Waals surface area contributed by atoms with Gasteiger partial charge in [-0.3, -0.25) is 15.5 Å². The second kappa shape index (κ2) is 8.52. The van der Waals surface area contributed by atoms with Gasteiger partial charge in [0, 0.05) is 12.1 Å². The van der Waals surface area contributed by atoms with Crippen LogP contribution in [0.4, 0.5) is 11.4 Å². The monoisotopic (exact) mass is 329 g/mol. The van der Waals surface area contributed by atoms with Crippen LogP contribution in [0.1, 0.15) is 18.9 Å². The largest absolute Gasteiger partial charge is 0.493 e. The van der Waals surface area contributed by atoms with Crippen molar-refractivity contribution in [3.8, 4) is 11.5 Å². The minimum Gasteiger partial charge on any atom is -0.493 e. The Morgan fingerprint density at radius 1 is 1.21 bits per heavy atom. The highest BCUT2D eigenvalue weighted by Gasteiger charge is 2.05. The molecule has 0 saturated carbocycles. The predicted octanol–water partition coefficient (Wildman–Crippen LogP) is 3.84. The number of rotatable bonds is 8. The number of methoxy groups -OCH3 is 1. The normalized spacial score (nSPS) is 10.6. The minimum absolute atomic E-state index is 0.0393. The fraction of sp³-hybridized carbons (Fsp3) is 0.235. The van der Waals surface area contributed by atoms with Gasteiger partial charge in [0.05, 0.1) is 30.5 Å². The Morgan fingerprint density at radius 3 is 2.58 bits per heavy atom. The second-order valence-corrected chi connectivity index (χ2v) is 4.93. The van der Waals surface area contributed by atoms with Crippen LogP contribution in [0.5, 0.6) is 11.5 Å². The van der Waals surface area contributed by atoms with Crippen LogP contribution in [0.25, 0.3) is 0 Å². The Morgan fingerprint density at radius 2 is 1.96 bits per heavy atom. The van der Waals surface area contributed by atoms with Crippen molar-refractivity contribution in [2.24, 2.45) is 5.10 Å². The summed E-state index contributed by atoms with van der Waals surface area (Å²) in [5, 5.41) is 14.7. The van der Waals surface area contributed by atoms with E-state index >= 15 is 0 Å². The summed E-state index contributed by atoms with van der Waals surface area (Å²) in [7, 11) is 1.60. The van der Waals surface area contributed by atoms with E-state index in [0.717, 1.165) is 12.0 Å². The van der Waals surface area contributed by atoms with Gasteiger partial charge in [-0.25, -0.2) is 0 Å². The number of anilines is 1. The molecule has 0 radical (unpaired) electrons. The third-order valence-corrected chi connectivity index (χ3v) is 3.13. The van der Waals surface area contributed by atoms with Crippen LogP contribution < -0.4 is 14.9 Å². The Hall–Kier alpha value is -3.09. The third kappa shape index (κ3) is 4.70. The van der Waals surface area contributed by atoms with Crippen molar-refractivity contribution >= 4 is 17.6 Å². The third-order valence-electron chi connectivity index (χ3n) is 3.13. The lowest BCUT2D eigenvalue weighted by Crippen LogP contribution is -1.99. The fourth-order valence-corrected chi connectivity index (χ4v) is 1.94. The number of nitrogens with zero attached hydrogens (tertiary/aromatic N) is 2. The average molecular weight is 329 g/mol. The van der Waals surface area contributed by atoms with E-state index in [2.05, 4.69) is 10.5 Å². The van der Waals surface area contributed by atoms with Crippen LogP contribution >= 0.6 is 0 Å². The highest BCUT2D eigenvalue weighted by molar-refractivity contribution is 5.81. The smallest absolute Gasteiger partial charge is 0.269 e. The molecular weight excluding hydrogens is 310 g/mol. The summed E-state index contributed by atoms with van der Waals surface area (Å²) >= 11 is 0. The Bertz CT molecular complexity index is 714. The number of hydrogen-bond acceptors (Lipinski definition) is 6. The lowest BCUT2D eigenvalue weighted by molar-refractivity contribution is -0.384. The maximum absolute atomic E-state index is 10.6. The summed E-state index contributed by atoms with van der Waals surface area (Å²) < 4.78 is 10.9. The molecule has 0 aliphatic heterocycles. The van der Waals surface area contributed by atoms with E-state index in [9.17, 15) is 10.1 Å². The first-order valence-corrected chi connectivity index (χ1v) is 7.48. The molecule has 1 N–H and O–H groups in total. The van der Waals surface area contributed by atoms with E-state index in [1.165, 1.54) is 12.1 Å². The first-order chi connectivity index (χ1) is 11.6. The summed E-state index contributed by atoms with van der Waals surface area (Å²) in [6.45, 7) is 2.64. The predicted molar refractivity (Wildman–Crippen MR) is 93.1 cm³/mol. The number of ether oxygens (including phenoxy) is 2. The molecule has 0 saturated heterocycles. The quantitative estimate of drug-likeness (QED) is 0.452. The number of hydrazone groups is 1. The first-order valence-electron chi connectivity index (χ1n) is 7.48. The number of non-ortho nitro benzene ring substituents is 1. The number of nitro groups is 1. The lowest BCUT2D eigenvalue weighted by Gasteiger charge is -2.10. The molecule has 2 aromatic carbocycles. The molecular formula is C17H19N3O4. The summed E-state index contributed by atoms with van der Waals surface area (Å²) in [6.07, 6.45) is 2.54. The maximum atomic E-state index is 10.6. The first kappa shape index (κ1) is 17.3. The molecule has 0 aliphatic rings. The van der Waals surface area contributed by atoms with Crippen LogP contribution in [-0.2, 0) is 0 Å². The van der Waals surface area contributed by atoms with Crippen LogP contribution in [0.3, 0.4) is 0 Å². The van der Waals surface area contributed by atoms with Crippen molar-refractivity contribution in [2.75, 3.05) is 19.1 Å². The second-order valence-electron chi connectivity index (χ2n) is 4.93. The molecule has 0 aromatic heterocycles. The molecule has 0 atom stereocenters. The van der Waals surface area contributed by atoms with Gasteiger partial charge in [0.2, 0.25) is 0 Å². The Kier molecular flexibility index (Phi) is 6.13. The van der Waals surface area contributed by atoms with E-state index in [4.69, 9.17) is 9.47 Å². The van der Waals surface area contributed by atoms with Crippen molar-refractivity contribution in [2.45, 2.75) is 13.3 Å². The molecule has 2 rings (SSSR count). The molecule has 0 unspecified atom stereocenters. The zero-order valence-corrected chi connectivity index (χ0v) is 13.6. The van der Waals surface area contributed by atoms with Gasteiger partial charge in [0.1, 0.15) is 0 Å². The van der Waals surface area contributed by atoms with Crippen LogP contribution in [-0.4, -0.2) is 24.9 Å². The summed E-state index contributed by atoms with van der Waals surface area (Å²) in [5.41, 5.74) is 4.37.